The van der Waals surface area contributed by atoms with E-state index in [0.717, 1.165) is 0 Å². The highest BCUT2D eigenvalue weighted by atomic mass is 79.9. The highest BCUT2D eigenvalue weighted by molar-refractivity contribution is 9.10. The molecule has 0 aliphatic rings. The molecule has 0 unspecified atom stereocenters. The second kappa shape index (κ2) is 4.52. The quantitative estimate of drug-likeness (QED) is 0.844. The molecule has 0 saturated heterocycles. The van der Waals surface area contributed by atoms with Crippen molar-refractivity contribution in [3.8, 4) is 5.75 Å². The minimum absolute atomic E-state index is 0.0742. The van der Waals surface area contributed by atoms with E-state index in [2.05, 4.69) is 15.9 Å². The van der Waals surface area contributed by atoms with E-state index in [4.69, 9.17) is 10.5 Å². The van der Waals surface area contributed by atoms with Gasteiger partial charge in [-0.15, -0.1) is 0 Å². The Balaban J connectivity index is 3.31. The van der Waals surface area contributed by atoms with Gasteiger partial charge in [-0.1, -0.05) is 0 Å². The molecule has 0 saturated carbocycles. The second-order valence-corrected chi connectivity index (χ2v) is 3.42. The average Bonchev–Trinajstić information content (AvgIpc) is 2.20. The molecule has 76 valence electrons. The lowest BCUT2D eigenvalue weighted by Gasteiger charge is -2.08. The Kier molecular flexibility index (Phi) is 3.60. The summed E-state index contributed by atoms with van der Waals surface area (Å²) in [6.45, 7) is -0.169. The average molecular weight is 262 g/mol. The van der Waals surface area contributed by atoms with Gasteiger partial charge in [-0.05, 0) is 28.1 Å². The van der Waals surface area contributed by atoms with Crippen LogP contribution in [0.1, 0.15) is 10.4 Å². The Hall–Kier alpha value is -0.940. The van der Waals surface area contributed by atoms with Crippen LogP contribution in [0.25, 0.3) is 0 Å². The summed E-state index contributed by atoms with van der Waals surface area (Å²) in [5.41, 5.74) is 5.34. The number of hydrogen-bond donors (Lipinski definition) is 1. The number of Topliss-reactive ketones (excluding diaryl/α,β-unsaturated/α-hetero) is 1. The van der Waals surface area contributed by atoms with Crippen LogP contribution in [0.15, 0.2) is 16.6 Å². The van der Waals surface area contributed by atoms with E-state index in [1.54, 1.807) is 0 Å². The van der Waals surface area contributed by atoms with E-state index < -0.39 is 5.82 Å². The molecule has 5 heteroatoms. The number of hydrogen-bond acceptors (Lipinski definition) is 3. The van der Waals surface area contributed by atoms with Gasteiger partial charge in [0.05, 0.1) is 23.7 Å². The molecule has 0 spiro atoms. The van der Waals surface area contributed by atoms with Gasteiger partial charge in [0.15, 0.2) is 17.3 Å². The number of methoxy groups -OCH3 is 1. The zero-order valence-electron chi connectivity index (χ0n) is 7.51. The number of carbonyl (C=O) groups excluding carboxylic acids is 1. The van der Waals surface area contributed by atoms with Crippen molar-refractivity contribution in [1.82, 2.24) is 0 Å². The molecule has 0 heterocycles. The number of nitrogens with two attached hydrogens (primary N) is 1. The second-order valence-electron chi connectivity index (χ2n) is 2.57. The van der Waals surface area contributed by atoms with Crippen molar-refractivity contribution in [3.05, 3.63) is 28.0 Å². The maximum atomic E-state index is 13.4. The standard InChI is InChI=1S/C9H9BrFNO2/c1-14-9-5(7(13)4-12)2-3-6(10)8(9)11/h2-3H,4,12H2,1H3. The fraction of sp³-hybridized carbons (Fsp3) is 0.222. The summed E-state index contributed by atoms with van der Waals surface area (Å²) in [7, 11) is 1.30. The van der Waals surface area contributed by atoms with E-state index in [0.29, 0.717) is 0 Å². The smallest absolute Gasteiger partial charge is 0.180 e. The topological polar surface area (TPSA) is 52.3 Å². The van der Waals surface area contributed by atoms with Crippen LogP contribution in [0, 0.1) is 5.82 Å². The van der Waals surface area contributed by atoms with Crippen LogP contribution >= 0.6 is 15.9 Å². The summed E-state index contributed by atoms with van der Waals surface area (Å²) >= 11 is 2.99. The monoisotopic (exact) mass is 261 g/mol. The number of ether oxygens (including phenoxy) is 1. The first-order valence-corrected chi connectivity index (χ1v) is 4.66. The summed E-state index contributed by atoms with van der Waals surface area (Å²) in [6, 6.07) is 2.92. The molecule has 14 heavy (non-hydrogen) atoms. The fourth-order valence-corrected chi connectivity index (χ4v) is 1.37. The number of ketones is 1. The Bertz CT molecular complexity index is 368. The molecule has 0 amide bonds. The van der Waals surface area contributed by atoms with Gasteiger partial charge in [-0.2, -0.15) is 0 Å². The van der Waals surface area contributed by atoms with Crippen LogP contribution in [0.5, 0.6) is 5.75 Å². The zero-order chi connectivity index (χ0) is 10.7. The maximum absolute atomic E-state index is 13.4. The lowest BCUT2D eigenvalue weighted by Crippen LogP contribution is -2.15. The van der Waals surface area contributed by atoms with Gasteiger partial charge in [0.1, 0.15) is 0 Å². The first-order chi connectivity index (χ1) is 6.61. The summed E-state index contributed by atoms with van der Waals surface area (Å²) in [6.07, 6.45) is 0. The third kappa shape index (κ3) is 1.93. The lowest BCUT2D eigenvalue weighted by molar-refractivity contribution is 0.0997. The van der Waals surface area contributed by atoms with Crippen LogP contribution in [0.4, 0.5) is 4.39 Å². The molecular weight excluding hydrogens is 253 g/mol. The first kappa shape index (κ1) is 11.1. The predicted molar refractivity (Wildman–Crippen MR) is 54.0 cm³/mol. The summed E-state index contributed by atoms with van der Waals surface area (Å²) in [4.78, 5) is 11.3. The number of halogens is 2. The Morgan fingerprint density at radius 3 is 2.79 bits per heavy atom. The summed E-state index contributed by atoms with van der Waals surface area (Å²) in [5, 5.41) is 0. The van der Waals surface area contributed by atoms with E-state index >= 15 is 0 Å². The molecule has 0 aromatic heterocycles. The highest BCUT2D eigenvalue weighted by Gasteiger charge is 2.16. The Morgan fingerprint density at radius 2 is 2.29 bits per heavy atom. The lowest BCUT2D eigenvalue weighted by atomic mass is 10.1. The van der Waals surface area contributed by atoms with Crippen molar-refractivity contribution in [2.75, 3.05) is 13.7 Å². The molecule has 0 radical (unpaired) electrons. The van der Waals surface area contributed by atoms with Gasteiger partial charge in [-0.3, -0.25) is 4.79 Å². The van der Waals surface area contributed by atoms with E-state index in [-0.39, 0.29) is 28.1 Å². The molecule has 1 rings (SSSR count). The molecule has 0 atom stereocenters. The number of benzene rings is 1. The van der Waals surface area contributed by atoms with Gasteiger partial charge in [0, 0.05) is 0 Å². The van der Waals surface area contributed by atoms with E-state index in [9.17, 15) is 9.18 Å². The normalized spacial score (nSPS) is 10.0. The van der Waals surface area contributed by atoms with Crippen molar-refractivity contribution in [1.29, 1.82) is 0 Å². The maximum Gasteiger partial charge on any atom is 0.180 e. The van der Waals surface area contributed by atoms with Crippen molar-refractivity contribution >= 4 is 21.7 Å². The molecule has 0 aliphatic heterocycles. The SMILES string of the molecule is COc1c(C(=O)CN)ccc(Br)c1F. The molecule has 1 aromatic rings. The Morgan fingerprint density at radius 1 is 1.64 bits per heavy atom. The van der Waals surface area contributed by atoms with Crippen molar-refractivity contribution < 1.29 is 13.9 Å². The van der Waals surface area contributed by atoms with Crippen LogP contribution in [0.2, 0.25) is 0 Å². The highest BCUT2D eigenvalue weighted by Crippen LogP contribution is 2.28. The minimum atomic E-state index is -0.591. The molecule has 0 fully saturated rings. The third-order valence-electron chi connectivity index (χ3n) is 1.74. The van der Waals surface area contributed by atoms with Gasteiger partial charge in [-0.25, -0.2) is 4.39 Å². The zero-order valence-corrected chi connectivity index (χ0v) is 9.10. The number of rotatable bonds is 3. The Labute approximate surface area is 89.2 Å². The predicted octanol–water partition coefficient (Wildman–Crippen LogP) is 1.74. The third-order valence-corrected chi connectivity index (χ3v) is 2.35. The first-order valence-electron chi connectivity index (χ1n) is 3.87. The van der Waals surface area contributed by atoms with Crippen molar-refractivity contribution in [2.45, 2.75) is 0 Å². The van der Waals surface area contributed by atoms with E-state index in [1.165, 1.54) is 19.2 Å². The molecule has 3 nitrogen and oxygen atoms in total. The summed E-state index contributed by atoms with van der Waals surface area (Å²) in [5.74, 6) is -1.02. The van der Waals surface area contributed by atoms with Crippen LogP contribution in [-0.4, -0.2) is 19.4 Å². The van der Waals surface area contributed by atoms with Crippen LogP contribution < -0.4 is 10.5 Å². The van der Waals surface area contributed by atoms with Gasteiger partial charge in [0.2, 0.25) is 0 Å². The molecule has 0 aliphatic carbocycles. The van der Waals surface area contributed by atoms with Gasteiger partial charge < -0.3 is 10.5 Å². The fourth-order valence-electron chi connectivity index (χ4n) is 1.06. The van der Waals surface area contributed by atoms with Crippen LogP contribution in [0.3, 0.4) is 0 Å². The number of carbonyl (C=O) groups is 1. The molecule has 2 N–H and O–H groups in total. The molecule has 1 aromatic carbocycles. The van der Waals surface area contributed by atoms with Crippen LogP contribution in [-0.2, 0) is 0 Å². The summed E-state index contributed by atoms with van der Waals surface area (Å²) < 4.78 is 18.4. The van der Waals surface area contributed by atoms with Gasteiger partial charge >= 0.3 is 0 Å². The van der Waals surface area contributed by atoms with Crippen molar-refractivity contribution in [3.63, 3.8) is 0 Å². The molecule has 0 bridgehead atoms. The van der Waals surface area contributed by atoms with E-state index in [1.807, 2.05) is 0 Å². The molecular formula is C9H9BrFNO2. The largest absolute Gasteiger partial charge is 0.493 e. The minimum Gasteiger partial charge on any atom is -0.493 e. The van der Waals surface area contributed by atoms with Gasteiger partial charge in [0.25, 0.3) is 0 Å². The van der Waals surface area contributed by atoms with Crippen molar-refractivity contribution in [2.24, 2.45) is 5.73 Å².